The second kappa shape index (κ2) is 8.04. The van der Waals surface area contributed by atoms with Gasteiger partial charge >= 0.3 is 12.1 Å². The molecule has 6 nitrogen and oxygen atoms in total. The van der Waals surface area contributed by atoms with Gasteiger partial charge in [0.15, 0.2) is 0 Å². The van der Waals surface area contributed by atoms with Crippen LogP contribution in [0, 0.1) is 18.8 Å². The van der Waals surface area contributed by atoms with E-state index >= 15 is 0 Å². The van der Waals surface area contributed by atoms with E-state index < -0.39 is 12.1 Å². The average Bonchev–Trinajstić information content (AvgIpc) is 2.54. The van der Waals surface area contributed by atoms with E-state index in [1.165, 1.54) is 4.90 Å². The molecule has 6 heteroatoms. The first-order valence-electron chi connectivity index (χ1n) is 8.33. The predicted molar refractivity (Wildman–Crippen MR) is 89.7 cm³/mol. The Morgan fingerprint density at radius 2 is 1.96 bits per heavy atom. The number of aryl methyl sites for hydroxylation is 1. The Balaban J connectivity index is 1.77. The maximum absolute atomic E-state index is 11.0. The van der Waals surface area contributed by atoms with Gasteiger partial charge in [-0.2, -0.15) is 0 Å². The number of benzene rings is 1. The molecule has 1 aliphatic rings. The van der Waals surface area contributed by atoms with Crippen LogP contribution in [0.1, 0.15) is 42.1 Å². The van der Waals surface area contributed by atoms with Crippen molar-refractivity contribution >= 4 is 12.1 Å². The second-order valence-electron chi connectivity index (χ2n) is 6.50. The smallest absolute Gasteiger partial charge is 0.407 e. The molecule has 24 heavy (non-hydrogen) atoms. The lowest BCUT2D eigenvalue weighted by molar-refractivity contribution is 0.0696. The van der Waals surface area contributed by atoms with Crippen molar-refractivity contribution in [1.82, 2.24) is 4.90 Å². The molecule has 132 valence electrons. The zero-order valence-electron chi connectivity index (χ0n) is 14.2. The van der Waals surface area contributed by atoms with E-state index in [9.17, 15) is 9.59 Å². The van der Waals surface area contributed by atoms with Crippen LogP contribution in [0.25, 0.3) is 0 Å². The minimum Gasteiger partial charge on any atom is -0.494 e. The molecule has 0 aliphatic carbocycles. The Bertz CT molecular complexity index is 593. The van der Waals surface area contributed by atoms with Gasteiger partial charge in [0.25, 0.3) is 0 Å². The van der Waals surface area contributed by atoms with Crippen LogP contribution in [0.4, 0.5) is 4.79 Å². The van der Waals surface area contributed by atoms with E-state index in [0.29, 0.717) is 48.4 Å². The molecule has 1 amide bonds. The molecule has 2 N–H and O–H groups in total. The summed E-state index contributed by atoms with van der Waals surface area (Å²) in [6.07, 6.45) is 1.88. The van der Waals surface area contributed by atoms with E-state index in [1.807, 2.05) is 0 Å². The SMILES string of the molecule is Cc1cc(OCC[C@@H](C)C2CCN(C(=O)O)CC2)ccc1C(=O)O. The van der Waals surface area contributed by atoms with Crippen LogP contribution in [-0.4, -0.2) is 46.9 Å². The minimum atomic E-state index is -0.930. The summed E-state index contributed by atoms with van der Waals surface area (Å²) in [5.41, 5.74) is 0.981. The molecule has 1 aliphatic heterocycles. The molecule has 1 atom stereocenters. The molecule has 0 radical (unpaired) electrons. The van der Waals surface area contributed by atoms with Crippen LogP contribution >= 0.6 is 0 Å². The summed E-state index contributed by atoms with van der Waals surface area (Å²) in [7, 11) is 0. The van der Waals surface area contributed by atoms with Crippen molar-refractivity contribution in [3.63, 3.8) is 0 Å². The summed E-state index contributed by atoms with van der Waals surface area (Å²) in [5.74, 6) is 0.756. The molecule has 0 bridgehead atoms. The highest BCUT2D eigenvalue weighted by molar-refractivity contribution is 5.89. The van der Waals surface area contributed by atoms with Gasteiger partial charge in [-0.15, -0.1) is 0 Å². The van der Waals surface area contributed by atoms with Crippen LogP contribution in [0.5, 0.6) is 5.75 Å². The van der Waals surface area contributed by atoms with E-state index in [2.05, 4.69) is 6.92 Å². The third kappa shape index (κ3) is 4.63. The van der Waals surface area contributed by atoms with Crippen molar-refractivity contribution in [2.24, 2.45) is 11.8 Å². The van der Waals surface area contributed by atoms with Crippen molar-refractivity contribution in [2.45, 2.75) is 33.1 Å². The average molecular weight is 335 g/mol. The molecule has 1 saturated heterocycles. The maximum atomic E-state index is 11.0. The van der Waals surface area contributed by atoms with Crippen molar-refractivity contribution in [3.05, 3.63) is 29.3 Å². The zero-order chi connectivity index (χ0) is 17.7. The van der Waals surface area contributed by atoms with Crippen LogP contribution in [0.3, 0.4) is 0 Å². The number of aromatic carboxylic acids is 1. The molecule has 0 aromatic heterocycles. The van der Waals surface area contributed by atoms with E-state index in [0.717, 1.165) is 19.3 Å². The Morgan fingerprint density at radius 1 is 1.29 bits per heavy atom. The molecule has 0 spiro atoms. The summed E-state index contributed by atoms with van der Waals surface area (Å²) in [4.78, 5) is 23.4. The third-order valence-corrected chi connectivity index (χ3v) is 4.89. The summed E-state index contributed by atoms with van der Waals surface area (Å²) >= 11 is 0. The minimum absolute atomic E-state index is 0.293. The number of amides is 1. The Kier molecular flexibility index (Phi) is 6.06. The lowest BCUT2D eigenvalue weighted by atomic mass is 9.84. The van der Waals surface area contributed by atoms with Crippen LogP contribution in [-0.2, 0) is 0 Å². The Hall–Kier alpha value is -2.24. The predicted octanol–water partition coefficient (Wildman–Crippen LogP) is 3.49. The Labute approximate surface area is 142 Å². The topological polar surface area (TPSA) is 87.1 Å². The van der Waals surface area contributed by atoms with Gasteiger partial charge in [-0.3, -0.25) is 0 Å². The number of ether oxygens (including phenoxy) is 1. The highest BCUT2D eigenvalue weighted by Crippen LogP contribution is 2.27. The molecule has 1 fully saturated rings. The molecule has 1 aromatic carbocycles. The molecular weight excluding hydrogens is 310 g/mol. The van der Waals surface area contributed by atoms with Crippen LogP contribution in [0.15, 0.2) is 18.2 Å². The maximum Gasteiger partial charge on any atom is 0.407 e. The molecule has 1 aromatic rings. The van der Waals surface area contributed by atoms with Gasteiger partial charge in [-0.25, -0.2) is 9.59 Å². The first-order chi connectivity index (χ1) is 11.4. The second-order valence-corrected chi connectivity index (χ2v) is 6.50. The number of carboxylic acids is 1. The van der Waals surface area contributed by atoms with Gasteiger partial charge in [-0.05, 0) is 61.8 Å². The molecule has 1 heterocycles. The fourth-order valence-corrected chi connectivity index (χ4v) is 3.22. The first-order valence-corrected chi connectivity index (χ1v) is 8.33. The van der Waals surface area contributed by atoms with Gasteiger partial charge in [-0.1, -0.05) is 6.92 Å². The monoisotopic (exact) mass is 335 g/mol. The number of carbonyl (C=O) groups is 2. The number of likely N-dealkylation sites (tertiary alicyclic amines) is 1. The Morgan fingerprint density at radius 3 is 2.50 bits per heavy atom. The van der Waals surface area contributed by atoms with Crippen LogP contribution < -0.4 is 4.74 Å². The number of hydrogen-bond donors (Lipinski definition) is 2. The number of rotatable bonds is 6. The van der Waals surface area contributed by atoms with Crippen molar-refractivity contribution in [2.75, 3.05) is 19.7 Å². The normalized spacial score (nSPS) is 16.7. The molecular formula is C18H25NO5. The standard InChI is InChI=1S/C18H25NO5/c1-12(14-5-8-19(9-6-14)18(22)23)7-10-24-15-3-4-16(17(20)21)13(2)11-15/h3-4,11-12,14H,5-10H2,1-2H3,(H,20,21)(H,22,23)/t12-/m1/s1. The number of nitrogens with zero attached hydrogens (tertiary/aromatic N) is 1. The fraction of sp³-hybridized carbons (Fsp3) is 0.556. The van der Waals surface area contributed by atoms with Gasteiger partial charge in [0.05, 0.1) is 12.2 Å². The highest BCUT2D eigenvalue weighted by atomic mass is 16.5. The lowest BCUT2D eigenvalue weighted by Crippen LogP contribution is -2.39. The molecule has 0 saturated carbocycles. The molecule has 0 unspecified atom stereocenters. The summed E-state index contributed by atoms with van der Waals surface area (Å²) < 4.78 is 5.74. The van der Waals surface area contributed by atoms with Crippen LogP contribution in [0.2, 0.25) is 0 Å². The quantitative estimate of drug-likeness (QED) is 0.831. The van der Waals surface area contributed by atoms with Crippen molar-refractivity contribution in [1.29, 1.82) is 0 Å². The number of hydrogen-bond acceptors (Lipinski definition) is 3. The highest BCUT2D eigenvalue weighted by Gasteiger charge is 2.25. The van der Waals surface area contributed by atoms with E-state index in [4.69, 9.17) is 14.9 Å². The largest absolute Gasteiger partial charge is 0.494 e. The fourth-order valence-electron chi connectivity index (χ4n) is 3.22. The summed E-state index contributed by atoms with van der Waals surface area (Å²) in [6, 6.07) is 5.00. The number of carboxylic acid groups (broad SMARTS) is 2. The van der Waals surface area contributed by atoms with E-state index in [1.54, 1.807) is 25.1 Å². The van der Waals surface area contributed by atoms with Crippen molar-refractivity contribution < 1.29 is 24.5 Å². The first kappa shape index (κ1) is 18.1. The third-order valence-electron chi connectivity index (χ3n) is 4.89. The molecule has 2 rings (SSSR count). The lowest BCUT2D eigenvalue weighted by Gasteiger charge is -2.33. The zero-order valence-corrected chi connectivity index (χ0v) is 14.2. The van der Waals surface area contributed by atoms with Gasteiger partial charge in [0, 0.05) is 13.1 Å². The van der Waals surface area contributed by atoms with Gasteiger partial charge < -0.3 is 19.8 Å². The summed E-state index contributed by atoms with van der Waals surface area (Å²) in [6.45, 7) is 5.74. The van der Waals surface area contributed by atoms with E-state index in [-0.39, 0.29) is 0 Å². The van der Waals surface area contributed by atoms with Gasteiger partial charge in [0.2, 0.25) is 0 Å². The van der Waals surface area contributed by atoms with Gasteiger partial charge in [0.1, 0.15) is 5.75 Å². The van der Waals surface area contributed by atoms with Crippen molar-refractivity contribution in [3.8, 4) is 5.75 Å². The summed E-state index contributed by atoms with van der Waals surface area (Å²) in [5, 5.41) is 18.0. The number of piperidine rings is 1.